The van der Waals surface area contributed by atoms with E-state index in [1.54, 1.807) is 12.4 Å². The first-order chi connectivity index (χ1) is 14.0. The molecule has 0 saturated carbocycles. The molecule has 9 heteroatoms. The molecule has 0 amide bonds. The number of imidazole rings is 1. The molecule has 1 aromatic carbocycles. The number of fused-ring (bicyclic) bond motifs is 1. The lowest BCUT2D eigenvalue weighted by molar-refractivity contribution is -0.137. The summed E-state index contributed by atoms with van der Waals surface area (Å²) in [7, 11) is 0. The minimum Gasteiger partial charge on any atom is -0.486 e. The minimum absolute atomic E-state index is 0.392. The number of benzene rings is 1. The van der Waals surface area contributed by atoms with Crippen molar-refractivity contribution >= 4 is 17.4 Å². The molecule has 0 saturated heterocycles. The quantitative estimate of drug-likeness (QED) is 0.402. The third kappa shape index (κ3) is 4.09. The van der Waals surface area contributed by atoms with Gasteiger partial charge in [0.1, 0.15) is 17.3 Å². The molecule has 0 spiro atoms. The number of rotatable bonds is 6. The fourth-order valence-electron chi connectivity index (χ4n) is 2.84. The average molecular weight is 418 g/mol. The van der Waals surface area contributed by atoms with Crippen molar-refractivity contribution in [2.45, 2.75) is 24.7 Å². The lowest BCUT2D eigenvalue weighted by Gasteiger charge is -2.08. The van der Waals surface area contributed by atoms with Gasteiger partial charge >= 0.3 is 6.18 Å². The molecule has 3 aromatic heterocycles. The van der Waals surface area contributed by atoms with Gasteiger partial charge in [0.2, 0.25) is 0 Å². The van der Waals surface area contributed by atoms with E-state index in [1.807, 2.05) is 37.3 Å². The maximum Gasteiger partial charge on any atom is 0.417 e. The number of thioether (sulfide) groups is 1. The third-order valence-electron chi connectivity index (χ3n) is 4.19. The van der Waals surface area contributed by atoms with Crippen LogP contribution >= 0.6 is 11.8 Å². The summed E-state index contributed by atoms with van der Waals surface area (Å²) in [4.78, 5) is 4.48. The van der Waals surface area contributed by atoms with Gasteiger partial charge in [0, 0.05) is 6.20 Å². The van der Waals surface area contributed by atoms with Gasteiger partial charge in [-0.2, -0.15) is 18.3 Å². The predicted molar refractivity (Wildman–Crippen MR) is 104 cm³/mol. The van der Waals surface area contributed by atoms with Crippen LogP contribution in [0.3, 0.4) is 0 Å². The third-order valence-corrected chi connectivity index (χ3v) is 5.13. The van der Waals surface area contributed by atoms with Gasteiger partial charge in [0.05, 0.1) is 18.0 Å². The van der Waals surface area contributed by atoms with Crippen molar-refractivity contribution < 1.29 is 17.9 Å². The van der Waals surface area contributed by atoms with Gasteiger partial charge in [-0.1, -0.05) is 37.3 Å². The van der Waals surface area contributed by atoms with Gasteiger partial charge in [-0.25, -0.2) is 9.67 Å². The highest BCUT2D eigenvalue weighted by Gasteiger charge is 2.31. The van der Waals surface area contributed by atoms with E-state index >= 15 is 0 Å². The van der Waals surface area contributed by atoms with Crippen molar-refractivity contribution in [1.82, 2.24) is 19.2 Å². The first-order valence-electron chi connectivity index (χ1n) is 8.89. The highest BCUT2D eigenvalue weighted by atomic mass is 32.2. The Labute approximate surface area is 169 Å². The Bertz CT molecular complexity index is 1120. The Morgan fingerprint density at radius 2 is 1.86 bits per heavy atom. The molecule has 4 aromatic rings. The van der Waals surface area contributed by atoms with Crippen molar-refractivity contribution in [3.05, 3.63) is 72.2 Å². The van der Waals surface area contributed by atoms with E-state index in [0.717, 1.165) is 17.8 Å². The van der Waals surface area contributed by atoms with Crippen LogP contribution in [0, 0.1) is 0 Å². The van der Waals surface area contributed by atoms with Crippen molar-refractivity contribution in [3.63, 3.8) is 0 Å². The smallest absolute Gasteiger partial charge is 0.417 e. The second-order valence-corrected chi connectivity index (χ2v) is 7.46. The SMILES string of the molecule is CCSc1c(-n2cc(OCc3ccccc3)cn2)nc2ccc(C(F)(F)F)cn12. The Hall–Kier alpha value is -2.94. The molecule has 0 bridgehead atoms. The fourth-order valence-corrected chi connectivity index (χ4v) is 3.66. The van der Waals surface area contributed by atoms with Crippen LogP contribution in [0.5, 0.6) is 5.75 Å². The summed E-state index contributed by atoms with van der Waals surface area (Å²) in [5.41, 5.74) is 0.723. The van der Waals surface area contributed by atoms with Crippen LogP contribution in [0.15, 0.2) is 66.1 Å². The van der Waals surface area contributed by atoms with E-state index in [1.165, 1.54) is 26.9 Å². The lowest BCUT2D eigenvalue weighted by atomic mass is 10.2. The van der Waals surface area contributed by atoms with Crippen LogP contribution in [-0.2, 0) is 12.8 Å². The Morgan fingerprint density at radius 3 is 2.59 bits per heavy atom. The molecule has 0 aliphatic heterocycles. The van der Waals surface area contributed by atoms with Crippen molar-refractivity contribution in [3.8, 4) is 11.6 Å². The second-order valence-electron chi connectivity index (χ2n) is 6.21. The van der Waals surface area contributed by atoms with Crippen LogP contribution in [0.1, 0.15) is 18.1 Å². The second kappa shape index (κ2) is 7.82. The first-order valence-corrected chi connectivity index (χ1v) is 9.88. The zero-order valence-corrected chi connectivity index (χ0v) is 16.2. The van der Waals surface area contributed by atoms with Crippen LogP contribution in [0.25, 0.3) is 11.5 Å². The van der Waals surface area contributed by atoms with Gasteiger partial charge in [0.25, 0.3) is 0 Å². The van der Waals surface area contributed by atoms with Crippen LogP contribution < -0.4 is 4.74 Å². The average Bonchev–Trinajstić information content (AvgIpc) is 3.31. The predicted octanol–water partition coefficient (Wildman–Crippen LogP) is 5.23. The van der Waals surface area contributed by atoms with Crippen molar-refractivity contribution in [2.24, 2.45) is 0 Å². The summed E-state index contributed by atoms with van der Waals surface area (Å²) < 4.78 is 48.1. The molecular formula is C20H17F3N4OS. The molecule has 150 valence electrons. The molecule has 0 atom stereocenters. The summed E-state index contributed by atoms with van der Waals surface area (Å²) >= 11 is 1.40. The summed E-state index contributed by atoms with van der Waals surface area (Å²) in [6.45, 7) is 2.32. The van der Waals surface area contributed by atoms with E-state index in [2.05, 4.69) is 10.1 Å². The van der Waals surface area contributed by atoms with Gasteiger partial charge in [-0.15, -0.1) is 11.8 Å². The van der Waals surface area contributed by atoms with E-state index in [9.17, 15) is 13.2 Å². The molecular weight excluding hydrogens is 401 g/mol. The van der Waals surface area contributed by atoms with Gasteiger partial charge in [-0.3, -0.25) is 4.40 Å². The molecule has 0 aliphatic rings. The number of hydrogen-bond acceptors (Lipinski definition) is 4. The minimum atomic E-state index is -4.42. The molecule has 0 aliphatic carbocycles. The normalized spacial score (nSPS) is 11.9. The van der Waals surface area contributed by atoms with E-state index in [0.29, 0.717) is 34.6 Å². The summed E-state index contributed by atoms with van der Waals surface area (Å²) in [6.07, 6.45) is -0.110. The maximum absolute atomic E-state index is 13.1. The number of aromatic nitrogens is 4. The number of alkyl halides is 3. The number of hydrogen-bond donors (Lipinski definition) is 0. The van der Waals surface area contributed by atoms with E-state index < -0.39 is 11.7 Å². The van der Waals surface area contributed by atoms with Gasteiger partial charge < -0.3 is 4.74 Å². The molecule has 0 unspecified atom stereocenters. The Morgan fingerprint density at radius 1 is 1.07 bits per heavy atom. The topological polar surface area (TPSA) is 44.3 Å². The maximum atomic E-state index is 13.1. The zero-order chi connectivity index (χ0) is 20.4. The van der Waals surface area contributed by atoms with Crippen LogP contribution in [0.2, 0.25) is 0 Å². The zero-order valence-electron chi connectivity index (χ0n) is 15.4. The molecule has 4 rings (SSSR count). The monoisotopic (exact) mass is 418 g/mol. The number of ether oxygens (including phenoxy) is 1. The van der Waals surface area contributed by atoms with Crippen molar-refractivity contribution in [1.29, 1.82) is 0 Å². The molecule has 0 radical (unpaired) electrons. The highest BCUT2D eigenvalue weighted by Crippen LogP contribution is 2.33. The Kier molecular flexibility index (Phi) is 5.23. The summed E-state index contributed by atoms with van der Waals surface area (Å²) in [6, 6.07) is 12.1. The van der Waals surface area contributed by atoms with E-state index in [4.69, 9.17) is 4.74 Å². The number of halogens is 3. The van der Waals surface area contributed by atoms with Crippen LogP contribution in [-0.4, -0.2) is 24.9 Å². The molecule has 0 N–H and O–H groups in total. The number of nitrogens with zero attached hydrogens (tertiary/aromatic N) is 4. The highest BCUT2D eigenvalue weighted by molar-refractivity contribution is 7.99. The standard InChI is InChI=1S/C20H17F3N4OS/c1-2-29-19-18(25-17-9-8-15(11-26(17)19)20(21,22)23)27-12-16(10-24-27)28-13-14-6-4-3-5-7-14/h3-12H,2,13H2,1H3. The first kappa shape index (κ1) is 19.4. The summed E-state index contributed by atoms with van der Waals surface area (Å²) in [5.74, 6) is 1.69. The van der Waals surface area contributed by atoms with Gasteiger partial charge in [0.15, 0.2) is 11.6 Å². The largest absolute Gasteiger partial charge is 0.486 e. The number of pyridine rings is 1. The fraction of sp³-hybridized carbons (Fsp3) is 0.200. The van der Waals surface area contributed by atoms with Crippen LogP contribution in [0.4, 0.5) is 13.2 Å². The molecule has 3 heterocycles. The van der Waals surface area contributed by atoms with Gasteiger partial charge in [-0.05, 0) is 23.4 Å². The molecule has 0 fully saturated rings. The van der Waals surface area contributed by atoms with E-state index in [-0.39, 0.29) is 0 Å². The van der Waals surface area contributed by atoms with Crippen molar-refractivity contribution in [2.75, 3.05) is 5.75 Å². The molecule has 5 nitrogen and oxygen atoms in total. The lowest BCUT2D eigenvalue weighted by Crippen LogP contribution is -2.06. The summed E-state index contributed by atoms with van der Waals surface area (Å²) in [5, 5.41) is 4.88. The molecule has 29 heavy (non-hydrogen) atoms. The Balaban J connectivity index is 1.66.